The smallest absolute Gasteiger partial charge is 0.338 e. The minimum atomic E-state index is -1.32. The molecule has 1 aliphatic heterocycles. The predicted molar refractivity (Wildman–Crippen MR) is 128 cm³/mol. The number of benzene rings is 2. The summed E-state index contributed by atoms with van der Waals surface area (Å²) >= 11 is 0. The number of para-hydroxylation sites is 1. The molecular formula is C24H32N2O6S. The first-order valence-corrected chi connectivity index (χ1v) is 12.7. The highest BCUT2D eigenvalue weighted by Crippen LogP contribution is 2.31. The van der Waals surface area contributed by atoms with Crippen molar-refractivity contribution in [1.82, 2.24) is 5.32 Å². The zero-order chi connectivity index (χ0) is 23.8. The first-order valence-electron chi connectivity index (χ1n) is 11.1. The van der Waals surface area contributed by atoms with Gasteiger partial charge in [-0.3, -0.25) is 4.21 Å². The summed E-state index contributed by atoms with van der Waals surface area (Å²) in [5, 5.41) is 23.8. The van der Waals surface area contributed by atoms with Crippen molar-refractivity contribution in [3.05, 3.63) is 48.0 Å². The van der Waals surface area contributed by atoms with E-state index in [1.54, 1.807) is 37.3 Å². The molecule has 180 valence electrons. The highest BCUT2D eigenvalue weighted by Gasteiger charge is 2.21. The summed E-state index contributed by atoms with van der Waals surface area (Å²) in [4.78, 5) is 14.4. The average Bonchev–Trinajstić information content (AvgIpc) is 2.82. The molecule has 0 spiro atoms. The van der Waals surface area contributed by atoms with E-state index in [-0.39, 0.29) is 30.1 Å². The predicted octanol–water partition coefficient (Wildman–Crippen LogP) is 2.30. The summed E-state index contributed by atoms with van der Waals surface area (Å²) in [5.74, 6) is -0.247. The molecule has 2 aromatic carbocycles. The minimum Gasteiger partial charge on any atom is -0.503 e. The van der Waals surface area contributed by atoms with Crippen molar-refractivity contribution >= 4 is 22.5 Å². The Morgan fingerprint density at radius 2 is 1.91 bits per heavy atom. The van der Waals surface area contributed by atoms with Crippen LogP contribution in [0.2, 0.25) is 0 Å². The molecule has 8 nitrogen and oxygen atoms in total. The lowest BCUT2D eigenvalue weighted by molar-refractivity contribution is 0.0526. The van der Waals surface area contributed by atoms with Gasteiger partial charge in [-0.1, -0.05) is 6.07 Å². The SMILES string of the molecule is CCOC(=O)c1ccc(N2CCC(NCC(O)COc3cccc(S(C)=O)c3O)CC2)cc1. The fraction of sp³-hybridized carbons (Fsp3) is 0.458. The second-order valence-electron chi connectivity index (χ2n) is 7.96. The number of esters is 1. The highest BCUT2D eigenvalue weighted by atomic mass is 32.2. The van der Waals surface area contributed by atoms with Crippen LogP contribution in [0.25, 0.3) is 0 Å². The van der Waals surface area contributed by atoms with E-state index in [2.05, 4.69) is 10.2 Å². The second-order valence-corrected chi connectivity index (χ2v) is 9.31. The van der Waals surface area contributed by atoms with Crippen molar-refractivity contribution in [2.45, 2.75) is 36.8 Å². The van der Waals surface area contributed by atoms with E-state index in [1.807, 2.05) is 12.1 Å². The Morgan fingerprint density at radius 1 is 1.21 bits per heavy atom. The number of aliphatic hydroxyl groups is 1. The maximum atomic E-state index is 11.8. The van der Waals surface area contributed by atoms with Crippen LogP contribution in [0.4, 0.5) is 5.69 Å². The largest absolute Gasteiger partial charge is 0.503 e. The van der Waals surface area contributed by atoms with E-state index >= 15 is 0 Å². The highest BCUT2D eigenvalue weighted by molar-refractivity contribution is 7.84. The van der Waals surface area contributed by atoms with Gasteiger partial charge < -0.3 is 29.9 Å². The second kappa shape index (κ2) is 12.0. The molecule has 2 unspecified atom stereocenters. The number of aliphatic hydroxyl groups excluding tert-OH is 1. The molecule has 0 saturated carbocycles. The summed E-state index contributed by atoms with van der Waals surface area (Å²) in [5.41, 5.74) is 1.63. The van der Waals surface area contributed by atoms with Gasteiger partial charge in [-0.05, 0) is 56.2 Å². The number of ether oxygens (including phenoxy) is 2. The molecule has 9 heteroatoms. The zero-order valence-corrected chi connectivity index (χ0v) is 19.8. The standard InChI is InChI=1S/C24H32N2O6S/c1-3-31-24(29)17-7-9-19(10-8-17)26-13-11-18(12-14-26)25-15-20(27)16-32-21-5-4-6-22(23(21)28)33(2)30/h4-10,18,20,25,27-28H,3,11-16H2,1-2H3. The van der Waals surface area contributed by atoms with Gasteiger partial charge in [0.1, 0.15) is 12.7 Å². The first kappa shape index (κ1) is 25.0. The number of carbonyl (C=O) groups excluding carboxylic acids is 1. The Balaban J connectivity index is 1.40. The number of carbonyl (C=O) groups is 1. The van der Waals surface area contributed by atoms with Crippen LogP contribution in [0, 0.1) is 0 Å². The van der Waals surface area contributed by atoms with Crippen LogP contribution in [0.15, 0.2) is 47.4 Å². The van der Waals surface area contributed by atoms with Gasteiger partial charge in [-0.25, -0.2) is 4.79 Å². The molecule has 0 aromatic heterocycles. The van der Waals surface area contributed by atoms with Crippen LogP contribution in [0.1, 0.15) is 30.1 Å². The number of phenolic OH excluding ortho intramolecular Hbond substituents is 1. The molecule has 1 saturated heterocycles. The summed E-state index contributed by atoms with van der Waals surface area (Å²) in [6.45, 7) is 4.29. The van der Waals surface area contributed by atoms with E-state index in [4.69, 9.17) is 9.47 Å². The quantitative estimate of drug-likeness (QED) is 0.449. The number of nitrogens with one attached hydrogen (secondary N) is 1. The normalized spacial score (nSPS) is 16.3. The number of hydrogen-bond donors (Lipinski definition) is 3. The van der Waals surface area contributed by atoms with Crippen LogP contribution < -0.4 is 15.0 Å². The zero-order valence-electron chi connectivity index (χ0n) is 19.0. The Labute approximate surface area is 197 Å². The lowest BCUT2D eigenvalue weighted by Gasteiger charge is -2.34. The molecule has 3 N–H and O–H groups in total. The van der Waals surface area contributed by atoms with Gasteiger partial charge in [-0.15, -0.1) is 0 Å². The molecule has 33 heavy (non-hydrogen) atoms. The van der Waals surface area contributed by atoms with Gasteiger partial charge in [0.2, 0.25) is 0 Å². The number of rotatable bonds is 10. The maximum Gasteiger partial charge on any atom is 0.338 e. The number of nitrogens with zero attached hydrogens (tertiary/aromatic N) is 1. The van der Waals surface area contributed by atoms with E-state index in [0.29, 0.717) is 23.6 Å². The molecule has 0 radical (unpaired) electrons. The molecule has 0 aliphatic carbocycles. The van der Waals surface area contributed by atoms with E-state index < -0.39 is 16.9 Å². The fourth-order valence-corrected chi connectivity index (χ4v) is 4.41. The van der Waals surface area contributed by atoms with Gasteiger partial charge in [0.05, 0.1) is 27.9 Å². The van der Waals surface area contributed by atoms with E-state index in [0.717, 1.165) is 31.6 Å². The number of phenols is 1. The number of aromatic hydroxyl groups is 1. The molecule has 2 atom stereocenters. The molecular weight excluding hydrogens is 444 g/mol. The number of anilines is 1. The van der Waals surface area contributed by atoms with Crippen LogP contribution in [-0.4, -0.2) is 71.6 Å². The molecule has 3 rings (SSSR count). The Hall–Kier alpha value is -2.62. The van der Waals surface area contributed by atoms with Crippen molar-refractivity contribution in [2.24, 2.45) is 0 Å². The van der Waals surface area contributed by atoms with Crippen LogP contribution in [-0.2, 0) is 15.5 Å². The van der Waals surface area contributed by atoms with Crippen molar-refractivity contribution in [1.29, 1.82) is 0 Å². The van der Waals surface area contributed by atoms with Crippen LogP contribution in [0.3, 0.4) is 0 Å². The van der Waals surface area contributed by atoms with Gasteiger partial charge in [-0.2, -0.15) is 0 Å². The van der Waals surface area contributed by atoms with Gasteiger partial charge >= 0.3 is 5.97 Å². The van der Waals surface area contributed by atoms with Crippen LogP contribution >= 0.6 is 0 Å². The third-order valence-corrected chi connectivity index (χ3v) is 6.53. The van der Waals surface area contributed by atoms with Crippen molar-refractivity contribution in [2.75, 3.05) is 44.0 Å². The summed E-state index contributed by atoms with van der Waals surface area (Å²) in [7, 11) is -1.32. The molecule has 0 amide bonds. The van der Waals surface area contributed by atoms with Crippen LogP contribution in [0.5, 0.6) is 11.5 Å². The van der Waals surface area contributed by atoms with Gasteiger partial charge in [0.25, 0.3) is 0 Å². The Kier molecular flexibility index (Phi) is 9.11. The van der Waals surface area contributed by atoms with Crippen molar-refractivity contribution in [3.63, 3.8) is 0 Å². The molecule has 1 heterocycles. The Bertz CT molecular complexity index is 944. The van der Waals surface area contributed by atoms with Crippen molar-refractivity contribution < 1.29 is 28.7 Å². The minimum absolute atomic E-state index is 0.0199. The Morgan fingerprint density at radius 3 is 2.55 bits per heavy atom. The monoisotopic (exact) mass is 476 g/mol. The molecule has 1 fully saturated rings. The molecule has 0 bridgehead atoms. The van der Waals surface area contributed by atoms with E-state index in [9.17, 15) is 19.2 Å². The fourth-order valence-electron chi connectivity index (χ4n) is 3.76. The first-order chi connectivity index (χ1) is 15.9. The summed E-state index contributed by atoms with van der Waals surface area (Å²) < 4.78 is 22.2. The lowest BCUT2D eigenvalue weighted by Crippen LogP contribution is -2.45. The summed E-state index contributed by atoms with van der Waals surface area (Å²) in [6, 6.07) is 12.6. The van der Waals surface area contributed by atoms with Crippen molar-refractivity contribution in [3.8, 4) is 11.5 Å². The van der Waals surface area contributed by atoms with Gasteiger partial charge in [0, 0.05) is 37.6 Å². The number of hydrogen-bond acceptors (Lipinski definition) is 8. The third-order valence-electron chi connectivity index (χ3n) is 5.58. The molecule has 1 aliphatic rings. The van der Waals surface area contributed by atoms with E-state index in [1.165, 1.54) is 6.26 Å². The maximum absolute atomic E-state index is 11.8. The summed E-state index contributed by atoms with van der Waals surface area (Å²) in [6.07, 6.45) is 2.60. The average molecular weight is 477 g/mol. The lowest BCUT2D eigenvalue weighted by atomic mass is 10.0. The third kappa shape index (κ3) is 6.93. The topological polar surface area (TPSA) is 108 Å². The molecule has 2 aromatic rings. The number of piperidine rings is 1. The van der Waals surface area contributed by atoms with Gasteiger partial charge in [0.15, 0.2) is 11.5 Å².